The Morgan fingerprint density at radius 3 is 1.60 bits per heavy atom. The van der Waals surface area contributed by atoms with Crippen molar-refractivity contribution in [3.63, 3.8) is 0 Å². The van der Waals surface area contributed by atoms with Crippen LogP contribution < -0.4 is 16.0 Å². The van der Waals surface area contributed by atoms with Gasteiger partial charge < -0.3 is 61.5 Å². The second kappa shape index (κ2) is 46.2. The van der Waals surface area contributed by atoms with E-state index in [0.717, 1.165) is 122 Å². The molecule has 80 heavy (non-hydrogen) atoms. The smallest absolute Gasteiger partial charge is 0.487 e. The number of hydrogen-bond donors (Lipinski definition) is 3. The molecular formula is C59H113N3O14S2Si2. The summed E-state index contributed by atoms with van der Waals surface area (Å²) in [6.07, 6.45) is 24.5. The molecule has 2 unspecified atom stereocenters. The average Bonchev–Trinajstić information content (AvgIpc) is 3.51. The summed E-state index contributed by atoms with van der Waals surface area (Å²) in [5.41, 5.74) is -1.81. The first-order chi connectivity index (χ1) is 38.8. The lowest BCUT2D eigenvalue weighted by Gasteiger charge is -2.47. The van der Waals surface area contributed by atoms with Gasteiger partial charge >= 0.3 is 35.9 Å². The maximum Gasteiger partial charge on any atom is 0.501 e. The molecule has 17 nitrogen and oxygen atoms in total. The lowest BCUT2D eigenvalue weighted by Crippen LogP contribution is -2.61. The van der Waals surface area contributed by atoms with Crippen molar-refractivity contribution >= 4 is 70.0 Å². The number of amides is 3. The maximum absolute atomic E-state index is 13.7. The summed E-state index contributed by atoms with van der Waals surface area (Å²) in [6, 6.07) is 0.805. The molecule has 3 N–H and O–H groups in total. The monoisotopic (exact) mass is 1210 g/mol. The highest BCUT2D eigenvalue weighted by atomic mass is 32.2. The van der Waals surface area contributed by atoms with Gasteiger partial charge in [-0.3, -0.25) is 4.79 Å². The number of unbranched alkanes of at least 4 members (excludes halogenated alkanes) is 17. The lowest BCUT2D eigenvalue weighted by atomic mass is 9.81. The number of rotatable bonds is 49. The minimum atomic E-state index is -3.65. The molecule has 0 aromatic rings. The minimum absolute atomic E-state index is 0.0770. The quantitative estimate of drug-likeness (QED) is 0.0225. The Hall–Kier alpha value is -2.09. The number of nitrogens with one attached hydrogen (secondary N) is 3. The summed E-state index contributed by atoms with van der Waals surface area (Å²) in [5.74, 6) is 0.577. The van der Waals surface area contributed by atoms with E-state index in [1.54, 1.807) is 0 Å². The molecule has 0 saturated carbocycles. The topological polar surface area (TPSA) is 197 Å². The van der Waals surface area contributed by atoms with E-state index >= 15 is 0 Å². The van der Waals surface area contributed by atoms with Crippen LogP contribution in [0.15, 0.2) is 0 Å². The summed E-state index contributed by atoms with van der Waals surface area (Å²) >= 11 is 7.00. The van der Waals surface area contributed by atoms with Crippen LogP contribution in [0.4, 0.5) is 14.4 Å². The Bertz CT molecular complexity index is 1630. The van der Waals surface area contributed by atoms with Gasteiger partial charge in [0.2, 0.25) is 0 Å². The Morgan fingerprint density at radius 1 is 0.562 bits per heavy atom. The van der Waals surface area contributed by atoms with E-state index in [-0.39, 0.29) is 44.8 Å². The van der Waals surface area contributed by atoms with Gasteiger partial charge in [0.05, 0.1) is 18.1 Å². The fourth-order valence-corrected chi connectivity index (χ4v) is 16.4. The molecule has 0 radical (unpaired) electrons. The number of carbonyl (C=O) groups excluding carboxylic acids is 4. The van der Waals surface area contributed by atoms with Gasteiger partial charge in [0, 0.05) is 88.8 Å². The molecule has 0 spiro atoms. The highest BCUT2D eigenvalue weighted by Crippen LogP contribution is 2.40. The first-order valence-electron chi connectivity index (χ1n) is 31.7. The van der Waals surface area contributed by atoms with Crippen LogP contribution in [-0.2, 0) is 50.3 Å². The largest absolute Gasteiger partial charge is 0.501 e. The molecule has 0 aliphatic carbocycles. The van der Waals surface area contributed by atoms with E-state index in [2.05, 4.69) is 50.6 Å². The van der Waals surface area contributed by atoms with Crippen molar-refractivity contribution in [2.45, 2.75) is 253 Å². The van der Waals surface area contributed by atoms with Crippen molar-refractivity contribution < 1.29 is 64.7 Å². The Morgan fingerprint density at radius 2 is 1.06 bits per heavy atom. The lowest BCUT2D eigenvalue weighted by molar-refractivity contribution is -0.124. The van der Waals surface area contributed by atoms with E-state index in [9.17, 15) is 19.2 Å². The first-order valence-corrected chi connectivity index (χ1v) is 37.0. The van der Waals surface area contributed by atoms with Gasteiger partial charge in [0.15, 0.2) is 10.2 Å². The van der Waals surface area contributed by atoms with Crippen LogP contribution in [0.25, 0.3) is 0 Å². The van der Waals surface area contributed by atoms with Gasteiger partial charge in [-0.15, -0.1) is 0 Å². The zero-order valence-corrected chi connectivity index (χ0v) is 54.9. The van der Waals surface area contributed by atoms with Crippen molar-refractivity contribution in [3.8, 4) is 0 Å². The molecule has 2 aliphatic heterocycles. The normalized spacial score (nSPS) is 19.1. The molecular weight excluding hydrogens is 1090 g/mol. The summed E-state index contributed by atoms with van der Waals surface area (Å²) < 4.78 is 65.6. The van der Waals surface area contributed by atoms with Crippen LogP contribution in [0.3, 0.4) is 0 Å². The Labute approximate surface area is 496 Å². The van der Waals surface area contributed by atoms with E-state index in [4.69, 9.17) is 57.7 Å². The van der Waals surface area contributed by atoms with Gasteiger partial charge in [-0.25, -0.2) is 14.4 Å². The van der Waals surface area contributed by atoms with Crippen molar-refractivity contribution in [3.05, 3.63) is 0 Å². The van der Waals surface area contributed by atoms with Crippen LogP contribution >= 0.6 is 24.0 Å². The molecule has 0 aromatic carbocycles. The highest BCUT2D eigenvalue weighted by Gasteiger charge is 2.55. The average molecular weight is 1210 g/mol. The van der Waals surface area contributed by atoms with E-state index in [1.807, 2.05) is 13.8 Å². The van der Waals surface area contributed by atoms with Crippen LogP contribution in [0.2, 0.25) is 12.1 Å². The zero-order chi connectivity index (χ0) is 58.5. The van der Waals surface area contributed by atoms with Crippen LogP contribution in [0.1, 0.15) is 235 Å². The molecule has 2 aliphatic rings. The third-order valence-electron chi connectivity index (χ3n) is 15.2. The molecule has 2 saturated heterocycles. The predicted molar refractivity (Wildman–Crippen MR) is 328 cm³/mol. The van der Waals surface area contributed by atoms with Crippen LogP contribution in [-0.4, -0.2) is 137 Å². The standard InChI is InChI=1S/C59H113N3O14S2Si2/c1-8-15-20-25-27-35-53(63)78-43-34-45-80(71-41-32-42-72-80)76-52(46-68-55(64)60-37-29-22-17-10-3)59(14-7,50-70-57(66)62-39-31-24-19-12-5)51-75-79(44-33-40-67-54(77)36-28-26-21-16-9-2)73-48-58(13-6,49-74-79)47-69-56(65)61-38-30-23-18-11-4/h52H,8-51H2,1-7H3,(H,60,64)(H,61,65)(H,62,66). The van der Waals surface area contributed by atoms with Gasteiger partial charge in [0.25, 0.3) is 0 Å². The molecule has 2 fully saturated rings. The fraction of sp³-hybridized carbons (Fsp3) is 0.915. The predicted octanol–water partition coefficient (Wildman–Crippen LogP) is 14.6. The molecule has 21 heteroatoms. The molecule has 0 aromatic heterocycles. The van der Waals surface area contributed by atoms with Gasteiger partial charge in [-0.05, 0) is 76.4 Å². The summed E-state index contributed by atoms with van der Waals surface area (Å²) in [7, 11) is -7.21. The van der Waals surface area contributed by atoms with Crippen molar-refractivity contribution in [1.29, 1.82) is 0 Å². The van der Waals surface area contributed by atoms with Crippen molar-refractivity contribution in [2.24, 2.45) is 10.8 Å². The number of alkyl carbamates (subject to hydrolysis) is 3. The Balaban J connectivity index is 2.57. The number of carbonyl (C=O) groups is 4. The third-order valence-corrected chi connectivity index (χ3v) is 22.1. The summed E-state index contributed by atoms with van der Waals surface area (Å²) in [6.45, 7) is 17.5. The number of ether oxygens (including phenoxy) is 4. The Kier molecular flexibility index (Phi) is 42.8. The summed E-state index contributed by atoms with van der Waals surface area (Å²) in [5, 5.41) is 9.51. The molecule has 2 atom stereocenters. The summed E-state index contributed by atoms with van der Waals surface area (Å²) in [4.78, 5) is 53.1. The van der Waals surface area contributed by atoms with Gasteiger partial charge in [0.1, 0.15) is 19.8 Å². The third kappa shape index (κ3) is 32.8. The second-order valence-corrected chi connectivity index (χ2v) is 29.2. The number of hydrogen-bond acceptors (Lipinski definition) is 16. The van der Waals surface area contributed by atoms with Crippen LogP contribution in [0, 0.1) is 10.8 Å². The highest BCUT2D eigenvalue weighted by molar-refractivity contribution is 8.13. The minimum Gasteiger partial charge on any atom is -0.487 e. The molecule has 468 valence electrons. The SMILES string of the molecule is CCCCCCCC(=O)SCCC[Si]1(OC(COC(=O)NCCCCCC)C(CC)(COC(=O)NCCCCCC)CO[Si]2(CCCOC(=S)CCCCCCC)OCC(CC)(COC(=O)NCCCCCC)CO2)OCCCO1. The van der Waals surface area contributed by atoms with Gasteiger partial charge in [-0.1, -0.05) is 169 Å². The van der Waals surface area contributed by atoms with Crippen molar-refractivity contribution in [2.75, 3.05) is 84.8 Å². The van der Waals surface area contributed by atoms with E-state index in [1.165, 1.54) is 37.4 Å². The number of thioether (sulfide) groups is 1. The van der Waals surface area contributed by atoms with E-state index in [0.29, 0.717) is 101 Å². The first kappa shape index (κ1) is 74.0. The zero-order valence-electron chi connectivity index (χ0n) is 51.2. The van der Waals surface area contributed by atoms with Crippen LogP contribution in [0.5, 0.6) is 0 Å². The number of thiocarbonyl (C=S) groups is 1. The van der Waals surface area contributed by atoms with Crippen molar-refractivity contribution in [1.82, 2.24) is 16.0 Å². The van der Waals surface area contributed by atoms with E-state index < -0.39 is 52.8 Å². The second-order valence-electron chi connectivity index (χ2n) is 22.1. The molecule has 0 bridgehead atoms. The molecule has 3 amide bonds. The van der Waals surface area contributed by atoms with Gasteiger partial charge in [-0.2, -0.15) is 0 Å². The molecule has 2 heterocycles. The molecule has 2 rings (SSSR count). The maximum atomic E-state index is 13.7. The fourth-order valence-electron chi connectivity index (χ4n) is 9.39.